The molecule has 0 bridgehead atoms. The number of rotatable bonds is 6. The number of fused-ring (bicyclic) bond motifs is 1. The van der Waals surface area contributed by atoms with Crippen molar-refractivity contribution in [2.45, 2.75) is 13.0 Å². The van der Waals surface area contributed by atoms with Crippen molar-refractivity contribution in [3.63, 3.8) is 0 Å². The molecule has 3 aromatic rings. The second kappa shape index (κ2) is 8.91. The quantitative estimate of drug-likeness (QED) is 0.637. The monoisotopic (exact) mass is 436 g/mol. The van der Waals surface area contributed by atoms with Crippen LogP contribution in [0, 0.1) is 0 Å². The van der Waals surface area contributed by atoms with Crippen LogP contribution in [0.1, 0.15) is 11.1 Å². The number of nitrogens with zero attached hydrogens (tertiary/aromatic N) is 1. The van der Waals surface area contributed by atoms with Crippen LogP contribution in [0.25, 0.3) is 11.1 Å². The summed E-state index contributed by atoms with van der Waals surface area (Å²) in [5.41, 5.74) is 5.27. The fourth-order valence-corrected chi connectivity index (χ4v) is 4.27. The Balaban J connectivity index is 1.62. The highest BCUT2D eigenvalue weighted by atomic mass is 32.2. The zero-order valence-corrected chi connectivity index (χ0v) is 18.1. The van der Waals surface area contributed by atoms with Crippen molar-refractivity contribution in [1.29, 1.82) is 0 Å². The highest BCUT2D eigenvalue weighted by Crippen LogP contribution is 2.31. The number of carbonyl (C=O) groups is 1. The van der Waals surface area contributed by atoms with E-state index in [0.717, 1.165) is 35.1 Å². The van der Waals surface area contributed by atoms with Gasteiger partial charge in [0.1, 0.15) is 6.61 Å². The third kappa shape index (κ3) is 5.31. The number of amides is 1. The lowest BCUT2D eigenvalue weighted by atomic mass is 10.0. The first-order chi connectivity index (χ1) is 14.9. The topological polar surface area (TPSA) is 75.7 Å². The predicted octanol–water partition coefficient (Wildman–Crippen LogP) is 3.83. The summed E-state index contributed by atoms with van der Waals surface area (Å²) in [6.07, 6.45) is 1.88. The average Bonchev–Trinajstić information content (AvgIpc) is 2.89. The van der Waals surface area contributed by atoms with Crippen LogP contribution in [-0.4, -0.2) is 33.7 Å². The van der Waals surface area contributed by atoms with Gasteiger partial charge in [0.15, 0.2) is 0 Å². The maximum atomic E-state index is 12.7. The Kier molecular flexibility index (Phi) is 6.06. The molecule has 3 aromatic carbocycles. The van der Waals surface area contributed by atoms with E-state index in [1.165, 1.54) is 5.56 Å². The number of hydrogen-bond donors (Lipinski definition) is 1. The molecular formula is C24H24N2O4S. The first-order valence-electron chi connectivity index (χ1n) is 10.0. The number of carbonyl (C=O) groups excluding carboxylic acids is 1. The van der Waals surface area contributed by atoms with E-state index in [0.29, 0.717) is 18.8 Å². The highest BCUT2D eigenvalue weighted by molar-refractivity contribution is 7.92. The van der Waals surface area contributed by atoms with Crippen molar-refractivity contribution in [3.8, 4) is 11.1 Å². The van der Waals surface area contributed by atoms with Gasteiger partial charge in [-0.3, -0.25) is 9.52 Å². The second-order valence-electron chi connectivity index (χ2n) is 7.57. The number of ether oxygens (including phenoxy) is 1. The lowest BCUT2D eigenvalue weighted by Gasteiger charge is -2.23. The average molecular weight is 437 g/mol. The number of sulfonamides is 1. The van der Waals surface area contributed by atoms with Crippen LogP contribution in [-0.2, 0) is 32.6 Å². The Morgan fingerprint density at radius 1 is 0.935 bits per heavy atom. The largest absolute Gasteiger partial charge is 0.367 e. The van der Waals surface area contributed by atoms with Crippen LogP contribution in [0.15, 0.2) is 72.8 Å². The summed E-state index contributed by atoms with van der Waals surface area (Å²) in [6, 6.07) is 23.2. The number of anilines is 2. The molecule has 0 saturated heterocycles. The third-order valence-electron chi connectivity index (χ3n) is 5.12. The Morgan fingerprint density at radius 2 is 1.71 bits per heavy atom. The molecule has 6 nitrogen and oxygen atoms in total. The lowest BCUT2D eigenvalue weighted by molar-refractivity contribution is -0.123. The van der Waals surface area contributed by atoms with Gasteiger partial charge in [-0.25, -0.2) is 8.42 Å². The molecule has 160 valence electrons. The standard InChI is InChI=1S/C24H24N2O4S/c1-31(28,29)25-22-9-5-8-19(15-22)20-10-11-23-21(14-20)16-30-17-24(27)26(23)13-12-18-6-3-2-4-7-18/h2-11,14-15,25H,12-13,16-17H2,1H3. The summed E-state index contributed by atoms with van der Waals surface area (Å²) in [7, 11) is -3.35. The molecule has 0 unspecified atom stereocenters. The van der Waals surface area contributed by atoms with Gasteiger partial charge in [-0.1, -0.05) is 48.5 Å². The summed E-state index contributed by atoms with van der Waals surface area (Å²) >= 11 is 0. The maximum absolute atomic E-state index is 12.7. The van der Waals surface area contributed by atoms with Crippen LogP contribution in [0.3, 0.4) is 0 Å². The van der Waals surface area contributed by atoms with E-state index in [1.807, 2.05) is 42.5 Å². The SMILES string of the molecule is CS(=O)(=O)Nc1cccc(-c2ccc3c(c2)COCC(=O)N3CCc2ccccc2)c1. The van der Waals surface area contributed by atoms with Gasteiger partial charge in [0, 0.05) is 23.5 Å². The molecule has 7 heteroatoms. The van der Waals surface area contributed by atoms with Crippen LogP contribution in [0.5, 0.6) is 0 Å². The van der Waals surface area contributed by atoms with Crippen LogP contribution >= 0.6 is 0 Å². The van der Waals surface area contributed by atoms with E-state index >= 15 is 0 Å². The molecule has 0 radical (unpaired) electrons. The Hall–Kier alpha value is -3.16. The van der Waals surface area contributed by atoms with Crippen LogP contribution in [0.4, 0.5) is 11.4 Å². The van der Waals surface area contributed by atoms with Gasteiger partial charge >= 0.3 is 0 Å². The normalized spacial score (nSPS) is 14.1. The van der Waals surface area contributed by atoms with Crippen molar-refractivity contribution >= 4 is 27.3 Å². The van der Waals surface area contributed by atoms with Gasteiger partial charge in [-0.2, -0.15) is 0 Å². The lowest BCUT2D eigenvalue weighted by Crippen LogP contribution is -2.34. The summed E-state index contributed by atoms with van der Waals surface area (Å²) in [6.45, 7) is 0.969. The minimum absolute atomic E-state index is 0.0482. The van der Waals surface area contributed by atoms with Gasteiger partial charge in [0.05, 0.1) is 12.9 Å². The molecule has 31 heavy (non-hydrogen) atoms. The van der Waals surface area contributed by atoms with Crippen molar-refractivity contribution < 1.29 is 17.9 Å². The highest BCUT2D eigenvalue weighted by Gasteiger charge is 2.23. The molecule has 4 rings (SSSR count). The molecule has 1 amide bonds. The molecular weight excluding hydrogens is 412 g/mol. The zero-order valence-electron chi connectivity index (χ0n) is 17.2. The first kappa shape index (κ1) is 21.1. The Morgan fingerprint density at radius 3 is 2.48 bits per heavy atom. The van der Waals surface area contributed by atoms with Gasteiger partial charge in [0.2, 0.25) is 10.0 Å². The predicted molar refractivity (Wildman–Crippen MR) is 122 cm³/mol. The molecule has 0 atom stereocenters. The zero-order chi connectivity index (χ0) is 21.8. The molecule has 1 N–H and O–H groups in total. The minimum Gasteiger partial charge on any atom is -0.367 e. The molecule has 0 aromatic heterocycles. The number of benzene rings is 3. The second-order valence-corrected chi connectivity index (χ2v) is 9.32. The fourth-order valence-electron chi connectivity index (χ4n) is 3.71. The molecule has 0 spiro atoms. The van der Waals surface area contributed by atoms with Gasteiger partial charge in [-0.05, 0) is 47.4 Å². The molecule has 0 fully saturated rings. The smallest absolute Gasteiger partial charge is 0.253 e. The van der Waals surface area contributed by atoms with Crippen molar-refractivity contribution in [3.05, 3.63) is 83.9 Å². The number of hydrogen-bond acceptors (Lipinski definition) is 4. The Labute approximate surface area is 182 Å². The first-order valence-corrected chi connectivity index (χ1v) is 11.9. The molecule has 0 aliphatic carbocycles. The van der Waals surface area contributed by atoms with E-state index < -0.39 is 10.0 Å². The maximum Gasteiger partial charge on any atom is 0.253 e. The van der Waals surface area contributed by atoms with Gasteiger partial charge in [-0.15, -0.1) is 0 Å². The van der Waals surface area contributed by atoms with Gasteiger partial charge < -0.3 is 9.64 Å². The Bertz CT molecular complexity index is 1190. The molecule has 1 aliphatic heterocycles. The summed E-state index contributed by atoms with van der Waals surface area (Å²) in [5, 5.41) is 0. The van der Waals surface area contributed by atoms with Crippen LogP contribution < -0.4 is 9.62 Å². The van der Waals surface area contributed by atoms with Crippen molar-refractivity contribution in [1.82, 2.24) is 0 Å². The van der Waals surface area contributed by atoms with Crippen molar-refractivity contribution in [2.24, 2.45) is 0 Å². The third-order valence-corrected chi connectivity index (χ3v) is 5.73. The van der Waals surface area contributed by atoms with E-state index in [-0.39, 0.29) is 12.5 Å². The van der Waals surface area contributed by atoms with E-state index in [2.05, 4.69) is 16.9 Å². The molecule has 0 saturated carbocycles. The van der Waals surface area contributed by atoms with E-state index in [1.54, 1.807) is 23.1 Å². The summed E-state index contributed by atoms with van der Waals surface area (Å²) in [4.78, 5) is 14.5. The van der Waals surface area contributed by atoms with Crippen LogP contribution in [0.2, 0.25) is 0 Å². The fraction of sp³-hybridized carbons (Fsp3) is 0.208. The van der Waals surface area contributed by atoms with Crippen molar-refractivity contribution in [2.75, 3.05) is 29.0 Å². The summed E-state index contributed by atoms with van der Waals surface area (Å²) < 4.78 is 31.2. The summed E-state index contributed by atoms with van der Waals surface area (Å²) in [5.74, 6) is -0.0539. The minimum atomic E-state index is -3.35. The van der Waals surface area contributed by atoms with E-state index in [4.69, 9.17) is 4.74 Å². The number of nitrogens with one attached hydrogen (secondary N) is 1. The molecule has 1 aliphatic rings. The molecule has 1 heterocycles. The van der Waals surface area contributed by atoms with E-state index in [9.17, 15) is 13.2 Å². The van der Waals surface area contributed by atoms with Gasteiger partial charge in [0.25, 0.3) is 5.91 Å².